The van der Waals surface area contributed by atoms with E-state index in [2.05, 4.69) is 0 Å². The van der Waals surface area contributed by atoms with E-state index in [1.165, 1.54) is 13.2 Å². The fourth-order valence-electron chi connectivity index (χ4n) is 3.11. The van der Waals surface area contributed by atoms with E-state index in [-0.39, 0.29) is 5.91 Å². The molecule has 0 N–H and O–H groups in total. The number of likely N-dealkylation sites (N-methyl/N-ethyl adjacent to an activating group) is 1. The maximum atomic E-state index is 12.7. The molecule has 0 radical (unpaired) electrons. The summed E-state index contributed by atoms with van der Waals surface area (Å²) in [5, 5.41) is 0. The van der Waals surface area contributed by atoms with Crippen LogP contribution in [0.1, 0.15) is 19.4 Å². The molecule has 7 heteroatoms. The zero-order chi connectivity index (χ0) is 21.5. The van der Waals surface area contributed by atoms with Gasteiger partial charge >= 0.3 is 5.97 Å². The molecule has 0 saturated carbocycles. The molecule has 0 aromatic heterocycles. The zero-order valence-corrected chi connectivity index (χ0v) is 17.3. The predicted molar refractivity (Wildman–Crippen MR) is 113 cm³/mol. The van der Waals surface area contributed by atoms with E-state index in [1.807, 2.05) is 37.3 Å². The van der Waals surface area contributed by atoms with Gasteiger partial charge in [0.15, 0.2) is 17.6 Å². The van der Waals surface area contributed by atoms with Crippen LogP contribution < -0.4 is 19.1 Å². The minimum Gasteiger partial charge on any atom is -0.493 e. The molecular weight excluding hydrogens is 386 g/mol. The highest BCUT2D eigenvalue weighted by Crippen LogP contribution is 2.40. The largest absolute Gasteiger partial charge is 0.493 e. The molecule has 1 atom stereocenters. The Morgan fingerprint density at radius 2 is 1.90 bits per heavy atom. The quantitative estimate of drug-likeness (QED) is 0.513. The van der Waals surface area contributed by atoms with E-state index < -0.39 is 12.1 Å². The lowest BCUT2D eigenvalue weighted by Gasteiger charge is -2.24. The fourth-order valence-corrected chi connectivity index (χ4v) is 3.11. The van der Waals surface area contributed by atoms with Gasteiger partial charge in [-0.15, -0.1) is 0 Å². The Balaban J connectivity index is 1.66. The van der Waals surface area contributed by atoms with Crippen LogP contribution in [-0.4, -0.2) is 44.8 Å². The van der Waals surface area contributed by atoms with Crippen molar-refractivity contribution < 1.29 is 28.5 Å². The topological polar surface area (TPSA) is 74.3 Å². The van der Waals surface area contributed by atoms with Gasteiger partial charge in [-0.3, -0.25) is 4.79 Å². The van der Waals surface area contributed by atoms with Crippen LogP contribution in [0.4, 0.5) is 5.69 Å². The van der Waals surface area contributed by atoms with Gasteiger partial charge < -0.3 is 23.8 Å². The SMILES string of the molecule is CCN(C(=O)[C@H](C)OC(=O)/C=C/c1cc(OC)c2c(c1)OCCO2)c1ccccc1. The number of fused-ring (bicyclic) bond motifs is 1. The van der Waals surface area contributed by atoms with E-state index >= 15 is 0 Å². The van der Waals surface area contributed by atoms with E-state index in [0.29, 0.717) is 42.6 Å². The number of hydrogen-bond donors (Lipinski definition) is 0. The third kappa shape index (κ3) is 4.92. The van der Waals surface area contributed by atoms with Crippen LogP contribution in [0.25, 0.3) is 6.08 Å². The van der Waals surface area contributed by atoms with Gasteiger partial charge in [-0.25, -0.2) is 4.79 Å². The second-order valence-corrected chi connectivity index (χ2v) is 6.58. The second kappa shape index (κ2) is 9.82. The summed E-state index contributed by atoms with van der Waals surface area (Å²) in [6, 6.07) is 12.8. The number of nitrogens with zero attached hydrogens (tertiary/aromatic N) is 1. The van der Waals surface area contributed by atoms with Gasteiger partial charge in [0.2, 0.25) is 5.75 Å². The van der Waals surface area contributed by atoms with Crippen LogP contribution in [0.2, 0.25) is 0 Å². The van der Waals surface area contributed by atoms with Crippen LogP contribution >= 0.6 is 0 Å². The van der Waals surface area contributed by atoms with Crippen molar-refractivity contribution in [2.45, 2.75) is 20.0 Å². The molecule has 30 heavy (non-hydrogen) atoms. The summed E-state index contributed by atoms with van der Waals surface area (Å²) in [5.74, 6) is 0.715. The van der Waals surface area contributed by atoms with Crippen LogP contribution in [0.5, 0.6) is 17.2 Å². The monoisotopic (exact) mass is 411 g/mol. The maximum absolute atomic E-state index is 12.7. The molecule has 0 spiro atoms. The van der Waals surface area contributed by atoms with Crippen LogP contribution in [0.15, 0.2) is 48.5 Å². The molecule has 0 saturated heterocycles. The standard InChI is InChI=1S/C23H25NO6/c1-4-24(18-8-6-5-7-9-18)23(26)16(2)30-21(25)11-10-17-14-19(27-3)22-20(15-17)28-12-13-29-22/h5-11,14-16H,4,12-13H2,1-3H3/b11-10+/t16-/m0/s1. The first-order valence-corrected chi connectivity index (χ1v) is 9.76. The van der Waals surface area contributed by atoms with Gasteiger partial charge in [0, 0.05) is 18.3 Å². The van der Waals surface area contributed by atoms with E-state index in [9.17, 15) is 9.59 Å². The van der Waals surface area contributed by atoms with E-state index in [4.69, 9.17) is 18.9 Å². The number of amides is 1. The van der Waals surface area contributed by atoms with Crippen molar-refractivity contribution in [3.63, 3.8) is 0 Å². The first-order valence-electron chi connectivity index (χ1n) is 9.76. The van der Waals surface area contributed by atoms with Gasteiger partial charge in [0.1, 0.15) is 13.2 Å². The highest BCUT2D eigenvalue weighted by atomic mass is 16.6. The molecule has 7 nitrogen and oxygen atoms in total. The van der Waals surface area contributed by atoms with Gasteiger partial charge in [0.05, 0.1) is 7.11 Å². The molecule has 0 unspecified atom stereocenters. The van der Waals surface area contributed by atoms with Crippen LogP contribution in [0.3, 0.4) is 0 Å². The number of carbonyl (C=O) groups excluding carboxylic acids is 2. The van der Waals surface area contributed by atoms with Crippen molar-refractivity contribution in [2.75, 3.05) is 31.8 Å². The molecule has 0 fully saturated rings. The molecular formula is C23H25NO6. The van der Waals surface area contributed by atoms with Gasteiger partial charge in [-0.1, -0.05) is 18.2 Å². The Hall–Kier alpha value is -3.48. The summed E-state index contributed by atoms with van der Waals surface area (Å²) in [4.78, 5) is 26.5. The highest BCUT2D eigenvalue weighted by Gasteiger charge is 2.23. The Bertz CT molecular complexity index is 908. The molecule has 1 aliphatic heterocycles. The molecule has 1 aliphatic rings. The number of para-hydroxylation sites is 1. The number of benzene rings is 2. The van der Waals surface area contributed by atoms with Crippen LogP contribution in [-0.2, 0) is 14.3 Å². The molecule has 0 bridgehead atoms. The molecule has 2 aromatic carbocycles. The number of anilines is 1. The average molecular weight is 411 g/mol. The summed E-state index contributed by atoms with van der Waals surface area (Å²) in [5.41, 5.74) is 1.44. The fraction of sp³-hybridized carbons (Fsp3) is 0.304. The number of rotatable bonds is 7. The van der Waals surface area contributed by atoms with Crippen molar-refractivity contribution >= 4 is 23.6 Å². The Morgan fingerprint density at radius 3 is 2.60 bits per heavy atom. The molecule has 1 heterocycles. The average Bonchev–Trinajstić information content (AvgIpc) is 2.78. The Kier molecular flexibility index (Phi) is 6.95. The maximum Gasteiger partial charge on any atom is 0.331 e. The number of ether oxygens (including phenoxy) is 4. The molecule has 2 aromatic rings. The minimum atomic E-state index is -0.919. The van der Waals surface area contributed by atoms with Crippen molar-refractivity contribution in [3.05, 3.63) is 54.1 Å². The third-order valence-electron chi connectivity index (χ3n) is 4.55. The minimum absolute atomic E-state index is 0.286. The van der Waals surface area contributed by atoms with Crippen molar-refractivity contribution in [1.82, 2.24) is 0 Å². The van der Waals surface area contributed by atoms with Gasteiger partial charge in [0.25, 0.3) is 5.91 Å². The lowest BCUT2D eigenvalue weighted by molar-refractivity contribution is -0.149. The molecule has 3 rings (SSSR count). The first kappa shape index (κ1) is 21.2. The predicted octanol–water partition coefficient (Wildman–Crippen LogP) is 3.46. The van der Waals surface area contributed by atoms with Crippen molar-refractivity contribution in [3.8, 4) is 17.2 Å². The smallest absolute Gasteiger partial charge is 0.331 e. The highest BCUT2D eigenvalue weighted by molar-refractivity contribution is 5.98. The van der Waals surface area contributed by atoms with Gasteiger partial charge in [-0.2, -0.15) is 0 Å². The lowest BCUT2D eigenvalue weighted by atomic mass is 10.1. The summed E-state index contributed by atoms with van der Waals surface area (Å²) in [7, 11) is 1.54. The summed E-state index contributed by atoms with van der Waals surface area (Å²) in [6.07, 6.45) is 1.93. The molecule has 0 aliphatic carbocycles. The van der Waals surface area contributed by atoms with E-state index in [0.717, 1.165) is 5.69 Å². The summed E-state index contributed by atoms with van der Waals surface area (Å²) < 4.78 is 21.8. The normalized spacial score (nSPS) is 13.6. The first-order chi connectivity index (χ1) is 14.5. The Labute approximate surface area is 175 Å². The summed E-state index contributed by atoms with van der Waals surface area (Å²) >= 11 is 0. The number of methoxy groups -OCH3 is 1. The lowest BCUT2D eigenvalue weighted by Crippen LogP contribution is -2.39. The summed E-state index contributed by atoms with van der Waals surface area (Å²) in [6.45, 7) is 4.80. The van der Waals surface area contributed by atoms with Crippen molar-refractivity contribution in [1.29, 1.82) is 0 Å². The third-order valence-corrected chi connectivity index (χ3v) is 4.55. The number of hydrogen-bond acceptors (Lipinski definition) is 6. The molecule has 158 valence electrons. The van der Waals surface area contributed by atoms with E-state index in [1.54, 1.807) is 30.0 Å². The number of esters is 1. The van der Waals surface area contributed by atoms with Crippen molar-refractivity contribution in [2.24, 2.45) is 0 Å². The van der Waals surface area contributed by atoms with Gasteiger partial charge in [-0.05, 0) is 49.8 Å². The molecule has 1 amide bonds. The van der Waals surface area contributed by atoms with Crippen LogP contribution in [0, 0.1) is 0 Å². The number of carbonyl (C=O) groups is 2. The Morgan fingerprint density at radius 1 is 1.17 bits per heavy atom. The second-order valence-electron chi connectivity index (χ2n) is 6.58. The zero-order valence-electron chi connectivity index (χ0n) is 17.3.